The zero-order valence-electron chi connectivity index (χ0n) is 13.0. The molecule has 0 unspecified atom stereocenters. The van der Waals surface area contributed by atoms with Crippen molar-refractivity contribution >= 4 is 18.3 Å². The first-order chi connectivity index (χ1) is 9.65. The van der Waals surface area contributed by atoms with Crippen molar-refractivity contribution < 1.29 is 4.79 Å². The Bertz CT molecular complexity index is 439. The molecule has 1 aliphatic carbocycles. The summed E-state index contributed by atoms with van der Waals surface area (Å²) in [5.74, 6) is 0.993. The number of benzene rings is 1. The topological polar surface area (TPSA) is 46.3 Å². The van der Waals surface area contributed by atoms with Crippen molar-refractivity contribution in [3.05, 3.63) is 35.4 Å². The minimum atomic E-state index is 0. The van der Waals surface area contributed by atoms with Gasteiger partial charge in [-0.25, -0.2) is 0 Å². The van der Waals surface area contributed by atoms with E-state index < -0.39 is 0 Å². The lowest BCUT2D eigenvalue weighted by Crippen LogP contribution is -2.39. The second-order valence-electron chi connectivity index (χ2n) is 5.90. The van der Waals surface area contributed by atoms with Crippen LogP contribution in [0.15, 0.2) is 24.3 Å². The highest BCUT2D eigenvalue weighted by Crippen LogP contribution is 2.29. The predicted octanol–water partition coefficient (Wildman–Crippen LogP) is 3.61. The van der Waals surface area contributed by atoms with E-state index in [1.165, 1.54) is 19.3 Å². The Morgan fingerprint density at radius 3 is 2.24 bits per heavy atom. The van der Waals surface area contributed by atoms with Gasteiger partial charge in [0, 0.05) is 25.2 Å². The quantitative estimate of drug-likeness (QED) is 0.923. The molecule has 3 nitrogen and oxygen atoms in total. The van der Waals surface area contributed by atoms with Crippen LogP contribution < -0.4 is 5.73 Å². The number of hydrogen-bond donors (Lipinski definition) is 1. The number of halogens is 1. The Morgan fingerprint density at radius 2 is 1.76 bits per heavy atom. The normalized spacial score (nSPS) is 21.5. The van der Waals surface area contributed by atoms with Gasteiger partial charge in [0.15, 0.2) is 0 Å². The van der Waals surface area contributed by atoms with Crippen LogP contribution in [-0.2, 0) is 6.54 Å². The summed E-state index contributed by atoms with van der Waals surface area (Å²) in [7, 11) is 1.94. The fourth-order valence-electron chi connectivity index (χ4n) is 3.09. The molecular formula is C17H27ClN2O. The van der Waals surface area contributed by atoms with E-state index in [-0.39, 0.29) is 18.3 Å². The average molecular weight is 311 g/mol. The Morgan fingerprint density at radius 1 is 1.19 bits per heavy atom. The van der Waals surface area contributed by atoms with Crippen molar-refractivity contribution in [1.82, 2.24) is 4.90 Å². The van der Waals surface area contributed by atoms with Crippen LogP contribution in [0, 0.1) is 5.92 Å². The lowest BCUT2D eigenvalue weighted by Gasteiger charge is -2.34. The van der Waals surface area contributed by atoms with Crippen LogP contribution >= 0.6 is 12.4 Å². The van der Waals surface area contributed by atoms with Crippen LogP contribution in [0.4, 0.5) is 0 Å². The maximum atomic E-state index is 12.5. The van der Waals surface area contributed by atoms with E-state index in [0.29, 0.717) is 12.6 Å². The Hall–Kier alpha value is -1.06. The zero-order valence-corrected chi connectivity index (χ0v) is 13.9. The number of hydrogen-bond acceptors (Lipinski definition) is 2. The smallest absolute Gasteiger partial charge is 0.253 e. The third kappa shape index (κ3) is 4.45. The molecule has 0 atom stereocenters. The first kappa shape index (κ1) is 18.0. The fourth-order valence-corrected chi connectivity index (χ4v) is 3.09. The molecule has 21 heavy (non-hydrogen) atoms. The lowest BCUT2D eigenvalue weighted by molar-refractivity contribution is 0.0674. The SMILES string of the molecule is CCC1CCC(N(C)C(=O)c2ccc(CN)cc2)CC1.Cl. The summed E-state index contributed by atoms with van der Waals surface area (Å²) in [6.45, 7) is 2.78. The number of nitrogens with zero attached hydrogens (tertiary/aromatic N) is 1. The highest BCUT2D eigenvalue weighted by atomic mass is 35.5. The molecule has 1 aromatic carbocycles. The molecule has 0 saturated heterocycles. The van der Waals surface area contributed by atoms with Crippen molar-refractivity contribution in [1.29, 1.82) is 0 Å². The van der Waals surface area contributed by atoms with Gasteiger partial charge in [0.05, 0.1) is 0 Å². The fraction of sp³-hybridized carbons (Fsp3) is 0.588. The van der Waals surface area contributed by atoms with E-state index in [1.807, 2.05) is 36.2 Å². The Labute approximate surface area is 134 Å². The summed E-state index contributed by atoms with van der Waals surface area (Å²) >= 11 is 0. The first-order valence-electron chi connectivity index (χ1n) is 7.71. The predicted molar refractivity (Wildman–Crippen MR) is 89.7 cm³/mol. The minimum Gasteiger partial charge on any atom is -0.339 e. The highest BCUT2D eigenvalue weighted by Gasteiger charge is 2.26. The molecule has 118 valence electrons. The van der Waals surface area contributed by atoms with Crippen LogP contribution in [0.5, 0.6) is 0 Å². The van der Waals surface area contributed by atoms with E-state index in [1.54, 1.807) is 0 Å². The molecule has 4 heteroatoms. The third-order valence-electron chi connectivity index (χ3n) is 4.70. The monoisotopic (exact) mass is 310 g/mol. The molecule has 1 fully saturated rings. The van der Waals surface area contributed by atoms with Crippen molar-refractivity contribution in [2.24, 2.45) is 11.7 Å². The maximum absolute atomic E-state index is 12.5. The molecule has 0 bridgehead atoms. The summed E-state index contributed by atoms with van der Waals surface area (Å²) in [4.78, 5) is 14.4. The minimum absolute atomic E-state index is 0. The van der Waals surface area contributed by atoms with E-state index in [2.05, 4.69) is 6.92 Å². The summed E-state index contributed by atoms with van der Waals surface area (Å²) < 4.78 is 0. The molecule has 2 rings (SSSR count). The summed E-state index contributed by atoms with van der Waals surface area (Å²) in [6.07, 6.45) is 6.06. The van der Waals surface area contributed by atoms with Crippen LogP contribution in [0.2, 0.25) is 0 Å². The molecule has 1 aliphatic rings. The molecule has 0 spiro atoms. The summed E-state index contributed by atoms with van der Waals surface area (Å²) in [5.41, 5.74) is 7.41. The van der Waals surface area contributed by atoms with Crippen molar-refractivity contribution in [3.8, 4) is 0 Å². The average Bonchev–Trinajstić information content (AvgIpc) is 2.53. The van der Waals surface area contributed by atoms with Gasteiger partial charge in [0.25, 0.3) is 5.91 Å². The molecule has 0 aliphatic heterocycles. The molecule has 1 amide bonds. The van der Waals surface area contributed by atoms with Crippen LogP contribution in [0.3, 0.4) is 0 Å². The van der Waals surface area contributed by atoms with Gasteiger partial charge in [-0.05, 0) is 49.3 Å². The van der Waals surface area contributed by atoms with Gasteiger partial charge in [-0.1, -0.05) is 25.5 Å². The molecule has 1 saturated carbocycles. The first-order valence-corrected chi connectivity index (χ1v) is 7.71. The molecular weight excluding hydrogens is 284 g/mol. The van der Waals surface area contributed by atoms with Crippen molar-refractivity contribution in [3.63, 3.8) is 0 Å². The zero-order chi connectivity index (χ0) is 14.5. The number of carbonyl (C=O) groups is 1. The van der Waals surface area contributed by atoms with Gasteiger partial charge in [-0.15, -0.1) is 12.4 Å². The number of carbonyl (C=O) groups excluding carboxylic acids is 1. The standard InChI is InChI=1S/C17H26N2O.ClH/c1-3-13-6-10-16(11-7-13)19(2)17(20)15-8-4-14(12-18)5-9-15;/h4-5,8-9,13,16H,3,6-7,10-12,18H2,1-2H3;1H. The van der Waals surface area contributed by atoms with Crippen LogP contribution in [0.25, 0.3) is 0 Å². The lowest BCUT2D eigenvalue weighted by atomic mass is 9.84. The van der Waals surface area contributed by atoms with E-state index in [0.717, 1.165) is 29.9 Å². The van der Waals surface area contributed by atoms with Crippen LogP contribution in [-0.4, -0.2) is 23.9 Å². The van der Waals surface area contributed by atoms with Gasteiger partial charge in [0.1, 0.15) is 0 Å². The van der Waals surface area contributed by atoms with E-state index in [9.17, 15) is 4.79 Å². The second kappa shape index (κ2) is 8.40. The molecule has 2 N–H and O–H groups in total. The summed E-state index contributed by atoms with van der Waals surface area (Å²) in [6, 6.07) is 8.06. The molecule has 0 heterocycles. The number of amides is 1. The van der Waals surface area contributed by atoms with Gasteiger partial charge in [-0.2, -0.15) is 0 Å². The molecule has 0 radical (unpaired) electrons. The Kier molecular flexibility index (Phi) is 7.20. The Balaban J connectivity index is 0.00000220. The van der Waals surface area contributed by atoms with E-state index in [4.69, 9.17) is 5.73 Å². The van der Waals surface area contributed by atoms with E-state index >= 15 is 0 Å². The number of rotatable bonds is 4. The number of nitrogens with two attached hydrogens (primary N) is 1. The van der Waals surface area contributed by atoms with Gasteiger partial charge < -0.3 is 10.6 Å². The maximum Gasteiger partial charge on any atom is 0.253 e. The second-order valence-corrected chi connectivity index (χ2v) is 5.90. The van der Waals surface area contributed by atoms with Crippen LogP contribution in [0.1, 0.15) is 54.9 Å². The van der Waals surface area contributed by atoms with Gasteiger partial charge >= 0.3 is 0 Å². The molecule has 1 aromatic rings. The van der Waals surface area contributed by atoms with Gasteiger partial charge in [-0.3, -0.25) is 4.79 Å². The third-order valence-corrected chi connectivity index (χ3v) is 4.70. The highest BCUT2D eigenvalue weighted by molar-refractivity contribution is 5.94. The van der Waals surface area contributed by atoms with Crippen molar-refractivity contribution in [2.45, 2.75) is 51.6 Å². The summed E-state index contributed by atoms with van der Waals surface area (Å²) in [5, 5.41) is 0. The van der Waals surface area contributed by atoms with Crippen molar-refractivity contribution in [2.75, 3.05) is 7.05 Å². The molecule has 0 aromatic heterocycles. The largest absolute Gasteiger partial charge is 0.339 e. The van der Waals surface area contributed by atoms with Gasteiger partial charge in [0.2, 0.25) is 0 Å².